The molecule has 2 aromatic carbocycles. The summed E-state index contributed by atoms with van der Waals surface area (Å²) >= 11 is 0. The van der Waals surface area contributed by atoms with E-state index in [0.717, 1.165) is 19.5 Å². The Labute approximate surface area is 153 Å². The van der Waals surface area contributed by atoms with E-state index in [2.05, 4.69) is 27.7 Å². The van der Waals surface area contributed by atoms with Gasteiger partial charge in [-0.1, -0.05) is 30.3 Å². The van der Waals surface area contributed by atoms with Crippen LogP contribution in [0.3, 0.4) is 0 Å². The molecule has 0 fully saturated rings. The van der Waals surface area contributed by atoms with E-state index in [0.29, 0.717) is 12.1 Å². The zero-order valence-electron chi connectivity index (χ0n) is 14.9. The van der Waals surface area contributed by atoms with Gasteiger partial charge in [-0.05, 0) is 49.8 Å². The van der Waals surface area contributed by atoms with Crippen molar-refractivity contribution in [1.29, 1.82) is 0 Å². The molecule has 0 atom stereocenters. The third-order valence-electron chi connectivity index (χ3n) is 3.85. The summed E-state index contributed by atoms with van der Waals surface area (Å²) in [6.45, 7) is 2.17. The van der Waals surface area contributed by atoms with Crippen molar-refractivity contribution in [2.24, 2.45) is 0 Å². The van der Waals surface area contributed by atoms with Crippen molar-refractivity contribution < 1.29 is 14.0 Å². The van der Waals surface area contributed by atoms with Crippen molar-refractivity contribution in [2.45, 2.75) is 13.0 Å². The molecule has 2 aromatic rings. The molecular formula is C20H24FN3O2. The number of nitrogens with one attached hydrogen (secondary N) is 2. The summed E-state index contributed by atoms with van der Waals surface area (Å²) in [7, 11) is 2.04. The zero-order valence-corrected chi connectivity index (χ0v) is 14.9. The van der Waals surface area contributed by atoms with Crippen LogP contribution in [0.5, 0.6) is 0 Å². The second-order valence-corrected chi connectivity index (χ2v) is 6.12. The van der Waals surface area contributed by atoms with Gasteiger partial charge in [0.15, 0.2) is 0 Å². The van der Waals surface area contributed by atoms with Gasteiger partial charge in [0, 0.05) is 18.7 Å². The highest BCUT2D eigenvalue weighted by atomic mass is 19.1. The van der Waals surface area contributed by atoms with Gasteiger partial charge in [-0.2, -0.15) is 0 Å². The van der Waals surface area contributed by atoms with Crippen LogP contribution in [0.25, 0.3) is 0 Å². The van der Waals surface area contributed by atoms with Gasteiger partial charge in [0.2, 0.25) is 5.91 Å². The molecular weight excluding hydrogens is 333 g/mol. The summed E-state index contributed by atoms with van der Waals surface area (Å²) in [5.74, 6) is -1.05. The highest BCUT2D eigenvalue weighted by Crippen LogP contribution is 2.03. The van der Waals surface area contributed by atoms with Crippen molar-refractivity contribution in [3.63, 3.8) is 0 Å². The monoisotopic (exact) mass is 357 g/mol. The SMILES string of the molecule is CN(CCCNC(=O)CNC(=O)c1ccc(F)cc1)Cc1ccccc1. The van der Waals surface area contributed by atoms with Crippen LogP contribution in [0.2, 0.25) is 0 Å². The van der Waals surface area contributed by atoms with E-state index in [4.69, 9.17) is 0 Å². The van der Waals surface area contributed by atoms with Gasteiger partial charge in [0.05, 0.1) is 6.54 Å². The van der Waals surface area contributed by atoms with Crippen LogP contribution in [-0.2, 0) is 11.3 Å². The van der Waals surface area contributed by atoms with Crippen LogP contribution in [0.15, 0.2) is 54.6 Å². The predicted octanol–water partition coefficient (Wildman–Crippen LogP) is 2.19. The maximum atomic E-state index is 12.8. The first-order chi connectivity index (χ1) is 12.5. The molecule has 2 N–H and O–H groups in total. The Morgan fingerprint density at radius 3 is 2.38 bits per heavy atom. The Balaban J connectivity index is 1.58. The molecule has 2 amide bonds. The average molecular weight is 357 g/mol. The van der Waals surface area contributed by atoms with Gasteiger partial charge in [-0.3, -0.25) is 9.59 Å². The molecule has 26 heavy (non-hydrogen) atoms. The normalized spacial score (nSPS) is 10.6. The highest BCUT2D eigenvalue weighted by Gasteiger charge is 2.08. The molecule has 0 bridgehead atoms. The molecule has 138 valence electrons. The largest absolute Gasteiger partial charge is 0.355 e. The standard InChI is InChI=1S/C20H24FN3O2/c1-24(15-16-6-3-2-4-7-16)13-5-12-22-19(25)14-23-20(26)17-8-10-18(21)11-9-17/h2-4,6-11H,5,12-15H2,1H3,(H,22,25)(H,23,26). The quantitative estimate of drug-likeness (QED) is 0.677. The number of carbonyl (C=O) groups excluding carboxylic acids is 2. The van der Waals surface area contributed by atoms with Crippen LogP contribution >= 0.6 is 0 Å². The number of halogens is 1. The number of amides is 2. The summed E-state index contributed by atoms with van der Waals surface area (Å²) in [4.78, 5) is 25.8. The molecule has 0 saturated carbocycles. The van der Waals surface area contributed by atoms with E-state index in [-0.39, 0.29) is 12.5 Å². The van der Waals surface area contributed by atoms with E-state index in [1.54, 1.807) is 0 Å². The first kappa shape index (κ1) is 19.6. The minimum Gasteiger partial charge on any atom is -0.355 e. The van der Waals surface area contributed by atoms with Crippen LogP contribution < -0.4 is 10.6 Å². The Bertz CT molecular complexity index is 705. The van der Waals surface area contributed by atoms with E-state index in [1.165, 1.54) is 29.8 Å². The summed E-state index contributed by atoms with van der Waals surface area (Å²) in [6, 6.07) is 15.4. The molecule has 0 unspecified atom stereocenters. The third-order valence-corrected chi connectivity index (χ3v) is 3.85. The Morgan fingerprint density at radius 1 is 1.00 bits per heavy atom. The van der Waals surface area contributed by atoms with Gasteiger partial charge >= 0.3 is 0 Å². The van der Waals surface area contributed by atoms with Crippen molar-refractivity contribution >= 4 is 11.8 Å². The molecule has 0 saturated heterocycles. The number of hydrogen-bond acceptors (Lipinski definition) is 3. The first-order valence-electron chi connectivity index (χ1n) is 8.57. The molecule has 0 spiro atoms. The predicted molar refractivity (Wildman–Crippen MR) is 99.1 cm³/mol. The fraction of sp³-hybridized carbons (Fsp3) is 0.300. The van der Waals surface area contributed by atoms with Gasteiger partial charge < -0.3 is 15.5 Å². The Kier molecular flexibility index (Phi) is 7.76. The van der Waals surface area contributed by atoms with E-state index >= 15 is 0 Å². The lowest BCUT2D eigenvalue weighted by Gasteiger charge is -2.16. The van der Waals surface area contributed by atoms with Crippen LogP contribution in [0.4, 0.5) is 4.39 Å². The summed E-state index contributed by atoms with van der Waals surface area (Å²) in [5, 5.41) is 5.29. The first-order valence-corrected chi connectivity index (χ1v) is 8.57. The number of carbonyl (C=O) groups is 2. The van der Waals surface area contributed by atoms with E-state index in [1.807, 2.05) is 25.2 Å². The summed E-state index contributed by atoms with van der Waals surface area (Å²) < 4.78 is 12.8. The number of rotatable bonds is 9. The fourth-order valence-corrected chi connectivity index (χ4v) is 2.48. The molecule has 2 rings (SSSR count). The van der Waals surface area contributed by atoms with Crippen LogP contribution in [-0.4, -0.2) is 43.4 Å². The van der Waals surface area contributed by atoms with Gasteiger partial charge in [0.1, 0.15) is 5.82 Å². The summed E-state index contributed by atoms with van der Waals surface area (Å²) in [6.07, 6.45) is 0.820. The summed E-state index contributed by atoms with van der Waals surface area (Å²) in [5.41, 5.74) is 1.57. The maximum Gasteiger partial charge on any atom is 0.251 e. The number of benzene rings is 2. The molecule has 0 heterocycles. The highest BCUT2D eigenvalue weighted by molar-refractivity contribution is 5.96. The Hall–Kier alpha value is -2.73. The topological polar surface area (TPSA) is 61.4 Å². The van der Waals surface area contributed by atoms with Gasteiger partial charge in [0.25, 0.3) is 5.91 Å². The lowest BCUT2D eigenvalue weighted by molar-refractivity contribution is -0.120. The van der Waals surface area contributed by atoms with E-state index in [9.17, 15) is 14.0 Å². The third kappa shape index (κ3) is 7.03. The van der Waals surface area contributed by atoms with Gasteiger partial charge in [-0.15, -0.1) is 0 Å². The van der Waals surface area contributed by atoms with Crippen molar-refractivity contribution in [1.82, 2.24) is 15.5 Å². The van der Waals surface area contributed by atoms with E-state index < -0.39 is 11.7 Å². The molecule has 0 aliphatic heterocycles. The van der Waals surface area contributed by atoms with Crippen molar-refractivity contribution in [2.75, 3.05) is 26.7 Å². The minimum atomic E-state index is -0.406. The van der Waals surface area contributed by atoms with Crippen LogP contribution in [0.1, 0.15) is 22.3 Å². The molecule has 6 heteroatoms. The fourth-order valence-electron chi connectivity index (χ4n) is 2.48. The molecule has 0 aromatic heterocycles. The second kappa shape index (κ2) is 10.3. The Morgan fingerprint density at radius 2 is 1.69 bits per heavy atom. The second-order valence-electron chi connectivity index (χ2n) is 6.12. The van der Waals surface area contributed by atoms with Crippen molar-refractivity contribution in [3.8, 4) is 0 Å². The lowest BCUT2D eigenvalue weighted by atomic mass is 10.2. The van der Waals surface area contributed by atoms with Crippen molar-refractivity contribution in [3.05, 3.63) is 71.5 Å². The lowest BCUT2D eigenvalue weighted by Crippen LogP contribution is -2.37. The number of hydrogen-bond donors (Lipinski definition) is 2. The molecule has 0 radical (unpaired) electrons. The molecule has 5 nitrogen and oxygen atoms in total. The van der Waals surface area contributed by atoms with Gasteiger partial charge in [-0.25, -0.2) is 4.39 Å². The zero-order chi connectivity index (χ0) is 18.8. The molecule has 0 aliphatic rings. The smallest absolute Gasteiger partial charge is 0.251 e. The van der Waals surface area contributed by atoms with Crippen LogP contribution in [0, 0.1) is 5.82 Å². The molecule has 0 aliphatic carbocycles. The number of nitrogens with zero attached hydrogens (tertiary/aromatic N) is 1. The minimum absolute atomic E-state index is 0.101. The maximum absolute atomic E-state index is 12.8. The average Bonchev–Trinajstić information content (AvgIpc) is 2.64.